The molecule has 1 N–H and O–H groups in total. The molecule has 0 radical (unpaired) electrons. The zero-order valence-electron chi connectivity index (χ0n) is 13.4. The molecule has 1 aromatic carbocycles. The van der Waals surface area contributed by atoms with E-state index in [9.17, 15) is 0 Å². The van der Waals surface area contributed by atoms with Gasteiger partial charge in [0.1, 0.15) is 0 Å². The lowest BCUT2D eigenvalue weighted by Gasteiger charge is -2.32. The second kappa shape index (κ2) is 6.93. The highest BCUT2D eigenvalue weighted by atomic mass is 15.1. The van der Waals surface area contributed by atoms with E-state index in [2.05, 4.69) is 54.1 Å². The number of likely N-dealkylation sites (tertiary alicyclic amines) is 1. The van der Waals surface area contributed by atoms with Crippen molar-refractivity contribution in [3.63, 3.8) is 0 Å². The fraction of sp³-hybridized carbons (Fsp3) is 0.421. The van der Waals surface area contributed by atoms with Crippen LogP contribution in [0.1, 0.15) is 25.5 Å². The molecule has 0 spiro atoms. The number of anilines is 1. The molecular weight excluding hydrogens is 270 g/mol. The summed E-state index contributed by atoms with van der Waals surface area (Å²) in [4.78, 5) is 7.19. The Morgan fingerprint density at radius 3 is 2.82 bits per heavy atom. The third-order valence-corrected chi connectivity index (χ3v) is 4.47. The second-order valence-corrected chi connectivity index (χ2v) is 6.04. The Kier molecular flexibility index (Phi) is 4.74. The molecule has 1 saturated heterocycles. The van der Waals surface area contributed by atoms with E-state index in [0.29, 0.717) is 6.04 Å². The minimum absolute atomic E-state index is 0.552. The first kappa shape index (κ1) is 15.0. The van der Waals surface area contributed by atoms with Gasteiger partial charge in [0.25, 0.3) is 0 Å². The van der Waals surface area contributed by atoms with Gasteiger partial charge >= 0.3 is 0 Å². The van der Waals surface area contributed by atoms with Crippen LogP contribution in [0.4, 0.5) is 5.69 Å². The van der Waals surface area contributed by atoms with Gasteiger partial charge in [-0.05, 0) is 31.4 Å². The summed E-state index contributed by atoms with van der Waals surface area (Å²) in [6.45, 7) is 9.29. The number of aryl methyl sites for hydroxylation is 1. The summed E-state index contributed by atoms with van der Waals surface area (Å²) in [5.41, 5.74) is 3.49. The first-order valence-electron chi connectivity index (χ1n) is 8.28. The molecule has 22 heavy (non-hydrogen) atoms. The molecule has 3 rings (SSSR count). The molecule has 0 unspecified atom stereocenters. The Labute approximate surface area is 133 Å². The minimum atomic E-state index is 0.552. The van der Waals surface area contributed by atoms with E-state index in [4.69, 9.17) is 4.98 Å². The fourth-order valence-corrected chi connectivity index (χ4v) is 3.19. The number of nitrogens with zero attached hydrogens (tertiary/aromatic N) is 2. The third kappa shape index (κ3) is 3.30. The minimum Gasteiger partial charge on any atom is -0.382 e. The average molecular weight is 295 g/mol. The third-order valence-electron chi connectivity index (χ3n) is 4.47. The number of hydrogen-bond donors (Lipinski definition) is 1. The largest absolute Gasteiger partial charge is 0.382 e. The first-order valence-corrected chi connectivity index (χ1v) is 8.28. The molecule has 3 heteroatoms. The van der Waals surface area contributed by atoms with E-state index >= 15 is 0 Å². The molecule has 0 saturated carbocycles. The number of benzene rings is 1. The lowest BCUT2D eigenvalue weighted by atomic mass is 10.0. The van der Waals surface area contributed by atoms with Crippen molar-refractivity contribution in [3.05, 3.63) is 48.7 Å². The monoisotopic (exact) mass is 295 g/mol. The number of piperidine rings is 1. The highest BCUT2D eigenvalue weighted by molar-refractivity contribution is 5.91. The second-order valence-electron chi connectivity index (χ2n) is 6.04. The molecule has 116 valence electrons. The molecule has 0 amide bonds. The van der Waals surface area contributed by atoms with E-state index in [1.54, 1.807) is 0 Å². The maximum absolute atomic E-state index is 4.72. The highest BCUT2D eigenvalue weighted by Gasteiger charge is 2.19. The zero-order valence-corrected chi connectivity index (χ0v) is 13.4. The lowest BCUT2D eigenvalue weighted by Crippen LogP contribution is -2.39. The quantitative estimate of drug-likeness (QED) is 0.849. The van der Waals surface area contributed by atoms with Gasteiger partial charge in [-0.25, -0.2) is 0 Å². The normalized spacial score (nSPS) is 16.8. The molecule has 0 aliphatic carbocycles. The van der Waals surface area contributed by atoms with Crippen molar-refractivity contribution in [3.8, 4) is 0 Å². The van der Waals surface area contributed by atoms with Crippen LogP contribution in [0.2, 0.25) is 0 Å². The lowest BCUT2D eigenvalue weighted by molar-refractivity contribution is 0.240. The molecule has 1 aromatic heterocycles. The number of rotatable bonds is 5. The van der Waals surface area contributed by atoms with Gasteiger partial charge in [-0.2, -0.15) is 0 Å². The molecule has 2 aromatic rings. The summed E-state index contributed by atoms with van der Waals surface area (Å²) in [5, 5.41) is 5.00. The van der Waals surface area contributed by atoms with Gasteiger partial charge in [0.05, 0.1) is 5.52 Å². The Balaban J connectivity index is 1.77. The number of nitrogens with one attached hydrogen (secondary N) is 1. The van der Waals surface area contributed by atoms with E-state index < -0.39 is 0 Å². The van der Waals surface area contributed by atoms with Crippen LogP contribution < -0.4 is 5.32 Å². The van der Waals surface area contributed by atoms with Crippen molar-refractivity contribution in [1.82, 2.24) is 9.88 Å². The molecule has 0 bridgehead atoms. The molecule has 0 atom stereocenters. The number of aromatic nitrogens is 1. The van der Waals surface area contributed by atoms with Gasteiger partial charge < -0.3 is 5.32 Å². The predicted octanol–water partition coefficient (Wildman–Crippen LogP) is 3.86. The number of para-hydroxylation sites is 1. The van der Waals surface area contributed by atoms with E-state index in [0.717, 1.165) is 37.3 Å². The van der Waals surface area contributed by atoms with Crippen LogP contribution >= 0.6 is 0 Å². The van der Waals surface area contributed by atoms with Gasteiger partial charge in [-0.3, -0.25) is 9.88 Å². The van der Waals surface area contributed by atoms with Crippen LogP contribution in [0.5, 0.6) is 0 Å². The molecular formula is C19H25N3. The maximum Gasteiger partial charge on any atom is 0.0726 e. The molecule has 1 aliphatic heterocycles. The summed E-state index contributed by atoms with van der Waals surface area (Å²) in [6.07, 6.45) is 5.34. The van der Waals surface area contributed by atoms with Crippen LogP contribution in [0.15, 0.2) is 43.0 Å². The Bertz CT molecular complexity index is 642. The van der Waals surface area contributed by atoms with Crippen molar-refractivity contribution >= 4 is 16.6 Å². The maximum atomic E-state index is 4.72. The molecule has 2 heterocycles. The van der Waals surface area contributed by atoms with Crippen molar-refractivity contribution in [2.24, 2.45) is 0 Å². The van der Waals surface area contributed by atoms with Crippen molar-refractivity contribution < 1.29 is 0 Å². The number of pyridine rings is 1. The van der Waals surface area contributed by atoms with E-state index in [-0.39, 0.29) is 0 Å². The summed E-state index contributed by atoms with van der Waals surface area (Å²) in [5.74, 6) is 0. The molecule has 1 aliphatic rings. The standard InChI is InChI=1S/C19H25N3/c1-3-11-22-12-9-16(10-13-22)21-19-14-15(4-2)20-18-8-6-5-7-17(18)19/h3,5-8,14,16H,1,4,9-13H2,2H3,(H,20,21). The molecule has 1 fully saturated rings. The topological polar surface area (TPSA) is 28.2 Å². The summed E-state index contributed by atoms with van der Waals surface area (Å²) >= 11 is 0. The summed E-state index contributed by atoms with van der Waals surface area (Å²) in [7, 11) is 0. The van der Waals surface area contributed by atoms with Crippen LogP contribution in [0.25, 0.3) is 10.9 Å². The first-order chi connectivity index (χ1) is 10.8. The van der Waals surface area contributed by atoms with Crippen LogP contribution in [-0.2, 0) is 6.42 Å². The Hall–Kier alpha value is -1.87. The molecule has 3 nitrogen and oxygen atoms in total. The number of fused-ring (bicyclic) bond motifs is 1. The van der Waals surface area contributed by atoms with Gasteiger partial charge in [0.15, 0.2) is 0 Å². The van der Waals surface area contributed by atoms with E-state index in [1.807, 2.05) is 6.08 Å². The average Bonchev–Trinajstić information content (AvgIpc) is 2.56. The van der Waals surface area contributed by atoms with Gasteiger partial charge in [0, 0.05) is 42.4 Å². The smallest absolute Gasteiger partial charge is 0.0726 e. The Morgan fingerprint density at radius 1 is 1.32 bits per heavy atom. The summed E-state index contributed by atoms with van der Waals surface area (Å²) in [6, 6.07) is 11.2. The highest BCUT2D eigenvalue weighted by Crippen LogP contribution is 2.26. The zero-order chi connectivity index (χ0) is 15.4. The Morgan fingerprint density at radius 2 is 2.09 bits per heavy atom. The predicted molar refractivity (Wildman–Crippen MR) is 94.4 cm³/mol. The fourth-order valence-electron chi connectivity index (χ4n) is 3.19. The van der Waals surface area contributed by atoms with Gasteiger partial charge in [-0.15, -0.1) is 6.58 Å². The SMILES string of the molecule is C=CCN1CCC(Nc2cc(CC)nc3ccccc23)CC1. The number of hydrogen-bond acceptors (Lipinski definition) is 3. The van der Waals surface area contributed by atoms with Crippen LogP contribution in [0, 0.1) is 0 Å². The van der Waals surface area contributed by atoms with Gasteiger partial charge in [0.2, 0.25) is 0 Å². The van der Waals surface area contributed by atoms with Crippen molar-refractivity contribution in [1.29, 1.82) is 0 Å². The van der Waals surface area contributed by atoms with Crippen molar-refractivity contribution in [2.45, 2.75) is 32.2 Å². The van der Waals surface area contributed by atoms with Gasteiger partial charge in [-0.1, -0.05) is 31.2 Å². The van der Waals surface area contributed by atoms with E-state index in [1.165, 1.54) is 23.9 Å². The van der Waals surface area contributed by atoms with Crippen LogP contribution in [0.3, 0.4) is 0 Å². The summed E-state index contributed by atoms with van der Waals surface area (Å²) < 4.78 is 0. The van der Waals surface area contributed by atoms with Crippen LogP contribution in [-0.4, -0.2) is 35.6 Å². The van der Waals surface area contributed by atoms with Crippen molar-refractivity contribution in [2.75, 3.05) is 25.0 Å².